The molecule has 0 spiro atoms. The van der Waals surface area contributed by atoms with Gasteiger partial charge in [-0.25, -0.2) is 12.7 Å². The van der Waals surface area contributed by atoms with Crippen LogP contribution < -0.4 is 10.5 Å². The highest BCUT2D eigenvalue weighted by molar-refractivity contribution is 7.89. The zero-order valence-corrected chi connectivity index (χ0v) is 14.5. The minimum atomic E-state index is -3.70. The van der Waals surface area contributed by atoms with Gasteiger partial charge in [-0.1, -0.05) is 0 Å². The molecule has 1 unspecified atom stereocenters. The minimum Gasteiger partial charge on any atom is -0.495 e. The Hall–Kier alpha value is -1.64. The number of hydrogen-bond donors (Lipinski definition) is 1. The molecule has 1 aromatic rings. The van der Waals surface area contributed by atoms with Crippen molar-refractivity contribution in [2.45, 2.75) is 23.8 Å². The van der Waals surface area contributed by atoms with Crippen molar-refractivity contribution >= 4 is 15.9 Å². The molecule has 1 amide bonds. The minimum absolute atomic E-state index is 0.0165. The molecule has 23 heavy (non-hydrogen) atoms. The third-order valence-electron chi connectivity index (χ3n) is 3.91. The molecule has 0 aliphatic carbocycles. The van der Waals surface area contributed by atoms with Crippen molar-refractivity contribution in [2.75, 3.05) is 34.3 Å². The lowest BCUT2D eigenvalue weighted by molar-refractivity contribution is 0.0708. The SMILES string of the molecule is COc1ccc(C(=O)N2CCCC(N)C2)cc1S(=O)(=O)N(C)C. The fourth-order valence-corrected chi connectivity index (χ4v) is 3.66. The van der Waals surface area contributed by atoms with E-state index in [9.17, 15) is 13.2 Å². The van der Waals surface area contributed by atoms with Crippen LogP contribution >= 0.6 is 0 Å². The van der Waals surface area contributed by atoms with Crippen LogP contribution in [0.1, 0.15) is 23.2 Å². The van der Waals surface area contributed by atoms with Crippen LogP contribution in [0.5, 0.6) is 5.75 Å². The average molecular weight is 341 g/mol. The quantitative estimate of drug-likeness (QED) is 0.861. The molecule has 1 heterocycles. The monoisotopic (exact) mass is 341 g/mol. The van der Waals surface area contributed by atoms with Gasteiger partial charge in [0.2, 0.25) is 10.0 Å². The van der Waals surface area contributed by atoms with Gasteiger partial charge in [0.05, 0.1) is 7.11 Å². The van der Waals surface area contributed by atoms with E-state index in [0.29, 0.717) is 18.7 Å². The molecule has 1 fully saturated rings. The van der Waals surface area contributed by atoms with Crippen LogP contribution in [0.4, 0.5) is 0 Å². The van der Waals surface area contributed by atoms with Gasteiger partial charge in [0, 0.05) is 38.8 Å². The largest absolute Gasteiger partial charge is 0.495 e. The summed E-state index contributed by atoms with van der Waals surface area (Å²) >= 11 is 0. The number of carbonyl (C=O) groups excluding carboxylic acids is 1. The molecule has 1 aliphatic rings. The standard InChI is InChI=1S/C15H23N3O4S/c1-17(2)23(20,21)14-9-11(6-7-13(14)22-3)15(19)18-8-4-5-12(16)10-18/h6-7,9,12H,4-5,8,10,16H2,1-3H3. The number of nitrogens with zero attached hydrogens (tertiary/aromatic N) is 2. The highest BCUT2D eigenvalue weighted by Gasteiger charge is 2.27. The molecule has 2 N–H and O–H groups in total. The van der Waals surface area contributed by atoms with Crippen LogP contribution in [0.25, 0.3) is 0 Å². The Bertz CT molecular complexity index is 688. The number of hydrogen-bond acceptors (Lipinski definition) is 5. The van der Waals surface area contributed by atoms with Crippen molar-refractivity contribution in [3.05, 3.63) is 23.8 Å². The van der Waals surface area contributed by atoms with Crippen LogP contribution in [0.2, 0.25) is 0 Å². The van der Waals surface area contributed by atoms with Gasteiger partial charge in [-0.15, -0.1) is 0 Å². The molecular weight excluding hydrogens is 318 g/mol. The summed E-state index contributed by atoms with van der Waals surface area (Å²) in [5.41, 5.74) is 6.23. The van der Waals surface area contributed by atoms with E-state index in [1.807, 2.05) is 0 Å². The van der Waals surface area contributed by atoms with Gasteiger partial charge in [-0.2, -0.15) is 0 Å². The molecule has 1 aromatic carbocycles. The highest BCUT2D eigenvalue weighted by Crippen LogP contribution is 2.27. The number of likely N-dealkylation sites (tertiary alicyclic amines) is 1. The van der Waals surface area contributed by atoms with Crippen LogP contribution in [-0.4, -0.2) is 63.9 Å². The predicted octanol–water partition coefficient (Wildman–Crippen LogP) is 0.509. The van der Waals surface area contributed by atoms with E-state index in [1.165, 1.54) is 33.3 Å². The Kier molecular flexibility index (Phi) is 5.28. The van der Waals surface area contributed by atoms with E-state index in [2.05, 4.69) is 0 Å². The zero-order valence-electron chi connectivity index (χ0n) is 13.7. The average Bonchev–Trinajstić information content (AvgIpc) is 2.53. The summed E-state index contributed by atoms with van der Waals surface area (Å²) in [7, 11) is 0.569. The van der Waals surface area contributed by atoms with E-state index < -0.39 is 10.0 Å². The summed E-state index contributed by atoms with van der Waals surface area (Å²) in [4.78, 5) is 14.3. The van der Waals surface area contributed by atoms with Gasteiger partial charge in [0.1, 0.15) is 10.6 Å². The maximum absolute atomic E-state index is 12.6. The Morgan fingerprint density at radius 3 is 2.65 bits per heavy atom. The molecule has 128 valence electrons. The molecular formula is C15H23N3O4S. The number of carbonyl (C=O) groups is 1. The number of methoxy groups -OCH3 is 1. The number of piperidine rings is 1. The third kappa shape index (κ3) is 3.65. The normalized spacial score (nSPS) is 19.0. The third-order valence-corrected chi connectivity index (χ3v) is 5.75. The number of amides is 1. The van der Waals surface area contributed by atoms with Crippen molar-refractivity contribution in [1.82, 2.24) is 9.21 Å². The van der Waals surface area contributed by atoms with E-state index in [-0.39, 0.29) is 22.6 Å². The zero-order chi connectivity index (χ0) is 17.2. The Morgan fingerprint density at radius 1 is 1.39 bits per heavy atom. The number of sulfonamides is 1. The smallest absolute Gasteiger partial charge is 0.253 e. The Balaban J connectivity index is 2.39. The number of ether oxygens (including phenoxy) is 1. The first-order valence-electron chi connectivity index (χ1n) is 7.42. The molecule has 2 rings (SSSR count). The molecule has 0 radical (unpaired) electrons. The van der Waals surface area contributed by atoms with Crippen LogP contribution in [0.15, 0.2) is 23.1 Å². The predicted molar refractivity (Wildman–Crippen MR) is 87.0 cm³/mol. The molecule has 1 saturated heterocycles. The van der Waals surface area contributed by atoms with E-state index in [1.54, 1.807) is 11.0 Å². The number of benzene rings is 1. The summed E-state index contributed by atoms with van der Waals surface area (Å²) < 4.78 is 31.1. The topological polar surface area (TPSA) is 92.9 Å². The molecule has 0 aromatic heterocycles. The summed E-state index contributed by atoms with van der Waals surface area (Å²) in [6.07, 6.45) is 1.75. The maximum atomic E-state index is 12.6. The second-order valence-corrected chi connectivity index (χ2v) is 7.93. The van der Waals surface area contributed by atoms with Crippen LogP contribution in [-0.2, 0) is 10.0 Å². The Morgan fingerprint density at radius 2 is 2.09 bits per heavy atom. The van der Waals surface area contributed by atoms with E-state index in [0.717, 1.165) is 17.1 Å². The summed E-state index contributed by atoms with van der Waals surface area (Å²) in [5, 5.41) is 0. The van der Waals surface area contributed by atoms with E-state index in [4.69, 9.17) is 10.5 Å². The van der Waals surface area contributed by atoms with Gasteiger partial charge in [-0.3, -0.25) is 4.79 Å². The molecule has 0 bridgehead atoms. The number of rotatable bonds is 4. The second kappa shape index (κ2) is 6.86. The van der Waals surface area contributed by atoms with Gasteiger partial charge in [-0.05, 0) is 31.0 Å². The highest BCUT2D eigenvalue weighted by atomic mass is 32.2. The molecule has 7 nitrogen and oxygen atoms in total. The van der Waals surface area contributed by atoms with Crippen molar-refractivity contribution in [3.63, 3.8) is 0 Å². The number of nitrogens with two attached hydrogens (primary N) is 1. The molecule has 8 heteroatoms. The fraction of sp³-hybridized carbons (Fsp3) is 0.533. The van der Waals surface area contributed by atoms with Crippen molar-refractivity contribution in [2.24, 2.45) is 5.73 Å². The second-order valence-electron chi connectivity index (χ2n) is 5.81. The summed E-state index contributed by atoms with van der Waals surface area (Å²) in [5.74, 6) is 0.00334. The lowest BCUT2D eigenvalue weighted by Crippen LogP contribution is -2.45. The van der Waals surface area contributed by atoms with Gasteiger partial charge in [0.15, 0.2) is 0 Å². The lowest BCUT2D eigenvalue weighted by atomic mass is 10.1. The van der Waals surface area contributed by atoms with Gasteiger partial charge in [0.25, 0.3) is 5.91 Å². The Labute approximate surface area is 137 Å². The lowest BCUT2D eigenvalue weighted by Gasteiger charge is -2.31. The van der Waals surface area contributed by atoms with Crippen molar-refractivity contribution in [3.8, 4) is 5.75 Å². The van der Waals surface area contributed by atoms with Gasteiger partial charge >= 0.3 is 0 Å². The summed E-state index contributed by atoms with van der Waals surface area (Å²) in [6, 6.07) is 4.43. The first-order valence-corrected chi connectivity index (χ1v) is 8.86. The van der Waals surface area contributed by atoms with Crippen LogP contribution in [0, 0.1) is 0 Å². The van der Waals surface area contributed by atoms with Gasteiger partial charge < -0.3 is 15.4 Å². The first kappa shape index (κ1) is 17.7. The molecule has 1 aliphatic heterocycles. The van der Waals surface area contributed by atoms with Crippen LogP contribution in [0.3, 0.4) is 0 Å². The van der Waals surface area contributed by atoms with Crippen molar-refractivity contribution < 1.29 is 17.9 Å². The first-order chi connectivity index (χ1) is 10.8. The van der Waals surface area contributed by atoms with Crippen molar-refractivity contribution in [1.29, 1.82) is 0 Å². The fourth-order valence-electron chi connectivity index (χ4n) is 2.59. The van der Waals surface area contributed by atoms with E-state index >= 15 is 0 Å². The molecule has 0 saturated carbocycles. The maximum Gasteiger partial charge on any atom is 0.253 e. The molecule has 1 atom stereocenters. The summed E-state index contributed by atoms with van der Waals surface area (Å²) in [6.45, 7) is 1.12.